The third-order valence-electron chi connectivity index (χ3n) is 5.60. The molecule has 0 bridgehead atoms. The maximum Gasteiger partial charge on any atom is 0.290 e. The van der Waals surface area contributed by atoms with Crippen molar-refractivity contribution in [3.05, 3.63) is 88.5 Å². The van der Waals surface area contributed by atoms with E-state index in [-0.39, 0.29) is 36.7 Å². The Bertz CT molecular complexity index is 1090. The van der Waals surface area contributed by atoms with Crippen molar-refractivity contribution in [2.75, 3.05) is 26.2 Å². The Labute approximate surface area is 191 Å². The first-order valence-electron chi connectivity index (χ1n) is 10.6. The first-order valence-corrected chi connectivity index (χ1v) is 11.4. The smallest absolute Gasteiger partial charge is 0.290 e. The second kappa shape index (κ2) is 9.87. The molecule has 1 atom stereocenters. The molecule has 0 aliphatic carbocycles. The Morgan fingerprint density at radius 1 is 1.28 bits per heavy atom. The summed E-state index contributed by atoms with van der Waals surface area (Å²) in [6.07, 6.45) is 3.86. The third-order valence-corrected chi connectivity index (χ3v) is 6.60. The van der Waals surface area contributed by atoms with Gasteiger partial charge in [0.25, 0.3) is 5.91 Å². The van der Waals surface area contributed by atoms with Crippen LogP contribution in [0.1, 0.15) is 32.6 Å². The molecule has 0 saturated heterocycles. The number of para-hydroxylation sites is 1. The van der Waals surface area contributed by atoms with Gasteiger partial charge in [-0.15, -0.1) is 17.9 Å². The van der Waals surface area contributed by atoms with Gasteiger partial charge in [0.05, 0.1) is 12.3 Å². The average molecular weight is 451 g/mol. The second-order valence-electron chi connectivity index (χ2n) is 7.68. The zero-order valence-corrected chi connectivity index (χ0v) is 18.8. The fourth-order valence-corrected chi connectivity index (χ4v) is 4.88. The molecule has 3 aromatic rings. The van der Waals surface area contributed by atoms with Gasteiger partial charge in [-0.25, -0.2) is 0 Å². The minimum Gasteiger partial charge on any atom is -0.491 e. The number of aryl methyl sites for hydroxylation is 1. The predicted molar refractivity (Wildman–Crippen MR) is 124 cm³/mol. The van der Waals surface area contributed by atoms with E-state index in [0.29, 0.717) is 13.2 Å². The van der Waals surface area contributed by atoms with Gasteiger partial charge < -0.3 is 19.0 Å². The molecule has 0 N–H and O–H groups in total. The fraction of sp³-hybridized carbons (Fsp3) is 0.280. The van der Waals surface area contributed by atoms with Gasteiger partial charge in [-0.1, -0.05) is 24.3 Å². The standard InChI is InChI=1S/C25H26N2O4S/c1-3-12-26(25(29)22-9-6-14-30-22)16-24(28)27-13-10-23-19(11-15-32-23)20(27)17-31-21-8-5-4-7-18(21)2/h3-9,11,14-15,20H,1,10,12-13,16-17H2,2H3/t20-/m0/s1. The van der Waals surface area contributed by atoms with E-state index in [2.05, 4.69) is 18.0 Å². The van der Waals surface area contributed by atoms with Gasteiger partial charge in [0.15, 0.2) is 5.76 Å². The Morgan fingerprint density at radius 3 is 2.88 bits per heavy atom. The van der Waals surface area contributed by atoms with Crippen molar-refractivity contribution >= 4 is 23.2 Å². The Hall–Kier alpha value is -3.32. The first-order chi connectivity index (χ1) is 15.6. The van der Waals surface area contributed by atoms with Crippen molar-refractivity contribution in [2.24, 2.45) is 0 Å². The Balaban J connectivity index is 1.53. The number of rotatable bonds is 8. The summed E-state index contributed by atoms with van der Waals surface area (Å²) < 4.78 is 11.4. The van der Waals surface area contributed by atoms with E-state index in [4.69, 9.17) is 9.15 Å². The van der Waals surface area contributed by atoms with E-state index in [9.17, 15) is 9.59 Å². The number of ether oxygens (including phenoxy) is 1. The lowest BCUT2D eigenvalue weighted by atomic mass is 10.0. The zero-order chi connectivity index (χ0) is 22.5. The highest BCUT2D eigenvalue weighted by molar-refractivity contribution is 7.10. The lowest BCUT2D eigenvalue weighted by Gasteiger charge is -2.37. The molecule has 7 heteroatoms. The zero-order valence-electron chi connectivity index (χ0n) is 18.0. The van der Waals surface area contributed by atoms with Gasteiger partial charge in [-0.2, -0.15) is 0 Å². The number of hydrogen-bond acceptors (Lipinski definition) is 5. The molecule has 0 fully saturated rings. The number of benzene rings is 1. The molecule has 0 unspecified atom stereocenters. The van der Waals surface area contributed by atoms with Crippen LogP contribution in [0.4, 0.5) is 0 Å². The highest BCUT2D eigenvalue weighted by Gasteiger charge is 2.33. The molecular weight excluding hydrogens is 424 g/mol. The van der Waals surface area contributed by atoms with Gasteiger partial charge >= 0.3 is 0 Å². The van der Waals surface area contributed by atoms with Crippen molar-refractivity contribution in [1.82, 2.24) is 9.80 Å². The van der Waals surface area contributed by atoms with E-state index in [0.717, 1.165) is 23.3 Å². The monoisotopic (exact) mass is 450 g/mol. The van der Waals surface area contributed by atoms with Crippen LogP contribution in [0.15, 0.2) is 71.2 Å². The highest BCUT2D eigenvalue weighted by atomic mass is 32.1. The van der Waals surface area contributed by atoms with Crippen molar-refractivity contribution in [3.63, 3.8) is 0 Å². The third kappa shape index (κ3) is 4.62. The first kappa shape index (κ1) is 21.9. The van der Waals surface area contributed by atoms with E-state index in [1.807, 2.05) is 36.1 Å². The molecule has 0 saturated carbocycles. The summed E-state index contributed by atoms with van der Waals surface area (Å²) in [6.45, 7) is 6.88. The molecule has 2 aromatic heterocycles. The van der Waals surface area contributed by atoms with Crippen LogP contribution in [0.25, 0.3) is 0 Å². The van der Waals surface area contributed by atoms with Crippen molar-refractivity contribution in [3.8, 4) is 5.75 Å². The van der Waals surface area contributed by atoms with E-state index < -0.39 is 0 Å². The van der Waals surface area contributed by atoms with Crippen molar-refractivity contribution in [1.29, 1.82) is 0 Å². The SMILES string of the molecule is C=CCN(CC(=O)N1CCc2sccc2[C@@H]1COc1ccccc1C)C(=O)c1ccco1. The van der Waals surface area contributed by atoms with Crippen molar-refractivity contribution < 1.29 is 18.7 Å². The number of hydrogen-bond donors (Lipinski definition) is 0. The molecule has 2 amide bonds. The second-order valence-corrected chi connectivity index (χ2v) is 8.68. The maximum atomic E-state index is 13.4. The average Bonchev–Trinajstić information content (AvgIpc) is 3.49. The van der Waals surface area contributed by atoms with Gasteiger partial charge in [-0.3, -0.25) is 9.59 Å². The Kier molecular flexibility index (Phi) is 6.75. The molecule has 0 spiro atoms. The van der Waals surface area contributed by atoms with E-state index in [1.54, 1.807) is 29.5 Å². The van der Waals surface area contributed by atoms with Crippen LogP contribution < -0.4 is 4.74 Å². The Morgan fingerprint density at radius 2 is 2.12 bits per heavy atom. The number of thiophene rings is 1. The molecule has 6 nitrogen and oxygen atoms in total. The van der Waals surface area contributed by atoms with Gasteiger partial charge in [-0.05, 0) is 54.1 Å². The fourth-order valence-electron chi connectivity index (χ4n) is 3.95. The van der Waals surface area contributed by atoms with E-state index >= 15 is 0 Å². The summed E-state index contributed by atoms with van der Waals surface area (Å²) in [7, 11) is 0. The maximum absolute atomic E-state index is 13.4. The molecular formula is C25H26N2O4S. The van der Waals surface area contributed by atoms with Crippen LogP contribution >= 0.6 is 11.3 Å². The van der Waals surface area contributed by atoms with Gasteiger partial charge in [0.2, 0.25) is 5.91 Å². The topological polar surface area (TPSA) is 63.0 Å². The summed E-state index contributed by atoms with van der Waals surface area (Å²) in [5.41, 5.74) is 2.17. The van der Waals surface area contributed by atoms with Gasteiger partial charge in [0.1, 0.15) is 18.9 Å². The molecule has 3 heterocycles. The molecule has 166 valence electrons. The van der Waals surface area contributed by atoms with Crippen LogP contribution in [-0.2, 0) is 11.2 Å². The molecule has 4 rings (SSSR count). The quantitative estimate of drug-likeness (QED) is 0.475. The summed E-state index contributed by atoms with van der Waals surface area (Å²) in [4.78, 5) is 30.8. The lowest BCUT2D eigenvalue weighted by Crippen LogP contribution is -2.47. The summed E-state index contributed by atoms with van der Waals surface area (Å²) in [5.74, 6) is 0.563. The number of nitrogens with zero attached hydrogens (tertiary/aromatic N) is 2. The number of carbonyl (C=O) groups excluding carboxylic acids is 2. The van der Waals surface area contributed by atoms with Crippen LogP contribution in [0, 0.1) is 6.92 Å². The summed E-state index contributed by atoms with van der Waals surface area (Å²) in [6, 6.07) is 13.0. The normalized spacial score (nSPS) is 15.2. The minimum atomic E-state index is -0.329. The number of carbonyl (C=O) groups is 2. The highest BCUT2D eigenvalue weighted by Crippen LogP contribution is 2.34. The van der Waals surface area contributed by atoms with Gasteiger partial charge in [0, 0.05) is 18.0 Å². The van der Waals surface area contributed by atoms with Crippen LogP contribution in [0.3, 0.4) is 0 Å². The summed E-state index contributed by atoms with van der Waals surface area (Å²) in [5, 5.41) is 2.06. The molecule has 1 aliphatic heterocycles. The van der Waals surface area contributed by atoms with Crippen molar-refractivity contribution in [2.45, 2.75) is 19.4 Å². The summed E-state index contributed by atoms with van der Waals surface area (Å²) >= 11 is 1.71. The van der Waals surface area contributed by atoms with E-state index in [1.165, 1.54) is 16.0 Å². The molecule has 32 heavy (non-hydrogen) atoms. The molecule has 1 aromatic carbocycles. The van der Waals surface area contributed by atoms with Crippen LogP contribution in [-0.4, -0.2) is 47.9 Å². The molecule has 0 radical (unpaired) electrons. The van der Waals surface area contributed by atoms with Crippen LogP contribution in [0.2, 0.25) is 0 Å². The molecule has 1 aliphatic rings. The number of furan rings is 1. The lowest BCUT2D eigenvalue weighted by molar-refractivity contribution is -0.135. The van der Waals surface area contributed by atoms with Crippen LogP contribution in [0.5, 0.6) is 5.75 Å². The number of amides is 2. The number of fused-ring (bicyclic) bond motifs is 1. The minimum absolute atomic E-state index is 0.0497. The largest absolute Gasteiger partial charge is 0.491 e. The predicted octanol–water partition coefficient (Wildman–Crippen LogP) is 4.48.